The number of rotatable bonds is 9. The van der Waals surface area contributed by atoms with E-state index in [2.05, 4.69) is 0 Å². The van der Waals surface area contributed by atoms with E-state index in [1.807, 2.05) is 44.2 Å². The molecule has 6 heteroatoms. The highest BCUT2D eigenvalue weighted by Gasteiger charge is 2.21. The smallest absolute Gasteiger partial charge is 0.243 e. The first-order valence-electron chi connectivity index (χ1n) is 9.25. The maximum atomic E-state index is 12.5. The molecule has 0 aliphatic heterocycles. The maximum absolute atomic E-state index is 12.5. The minimum absolute atomic E-state index is 0.0682. The summed E-state index contributed by atoms with van der Waals surface area (Å²) >= 11 is 0. The Hall–Kier alpha value is -2.18. The molecule has 2 aromatic rings. The van der Waals surface area contributed by atoms with E-state index >= 15 is 0 Å². The number of sulfonamides is 1. The van der Waals surface area contributed by atoms with Crippen LogP contribution in [0.5, 0.6) is 0 Å². The van der Waals surface area contributed by atoms with E-state index in [1.165, 1.54) is 4.31 Å². The van der Waals surface area contributed by atoms with Gasteiger partial charge in [-0.3, -0.25) is 4.79 Å². The molecule has 5 nitrogen and oxygen atoms in total. The third kappa shape index (κ3) is 5.65. The van der Waals surface area contributed by atoms with Crippen molar-refractivity contribution < 1.29 is 13.2 Å². The lowest BCUT2D eigenvalue weighted by Gasteiger charge is -2.19. The second-order valence-electron chi connectivity index (χ2n) is 6.47. The zero-order valence-electron chi connectivity index (χ0n) is 16.3. The van der Waals surface area contributed by atoms with Crippen molar-refractivity contribution in [1.29, 1.82) is 0 Å². The summed E-state index contributed by atoms with van der Waals surface area (Å²) in [5.74, 6) is 0.0682. The molecule has 0 fully saturated rings. The zero-order chi connectivity index (χ0) is 19.9. The summed E-state index contributed by atoms with van der Waals surface area (Å²) in [6.45, 7) is 5.13. The van der Waals surface area contributed by atoms with Crippen LogP contribution in [-0.4, -0.2) is 43.7 Å². The Morgan fingerprint density at radius 3 is 2.04 bits per heavy atom. The molecule has 0 heterocycles. The van der Waals surface area contributed by atoms with Crippen LogP contribution in [0.2, 0.25) is 0 Å². The Morgan fingerprint density at radius 1 is 0.889 bits per heavy atom. The van der Waals surface area contributed by atoms with Crippen molar-refractivity contribution in [3.8, 4) is 0 Å². The molecule has 27 heavy (non-hydrogen) atoms. The van der Waals surface area contributed by atoms with E-state index < -0.39 is 10.0 Å². The average Bonchev–Trinajstić information content (AvgIpc) is 2.68. The minimum Gasteiger partial charge on any atom is -0.341 e. The molecule has 0 aliphatic carbocycles. The van der Waals surface area contributed by atoms with Gasteiger partial charge in [-0.1, -0.05) is 56.3 Å². The number of carbonyl (C=O) groups excluding carboxylic acids is 1. The molecular weight excluding hydrogens is 360 g/mol. The van der Waals surface area contributed by atoms with Crippen molar-refractivity contribution in [3.63, 3.8) is 0 Å². The highest BCUT2D eigenvalue weighted by Crippen LogP contribution is 2.17. The zero-order valence-corrected chi connectivity index (χ0v) is 17.1. The van der Waals surface area contributed by atoms with Crippen molar-refractivity contribution in [1.82, 2.24) is 9.21 Å². The van der Waals surface area contributed by atoms with Gasteiger partial charge < -0.3 is 4.90 Å². The Labute approximate surface area is 162 Å². The van der Waals surface area contributed by atoms with Crippen molar-refractivity contribution in [2.45, 2.75) is 38.1 Å². The van der Waals surface area contributed by atoms with Gasteiger partial charge in [0.25, 0.3) is 0 Å². The van der Waals surface area contributed by atoms with E-state index in [9.17, 15) is 13.2 Å². The molecule has 146 valence electrons. The van der Waals surface area contributed by atoms with Crippen LogP contribution >= 0.6 is 0 Å². The minimum atomic E-state index is -3.44. The summed E-state index contributed by atoms with van der Waals surface area (Å²) in [4.78, 5) is 14.3. The van der Waals surface area contributed by atoms with Gasteiger partial charge in [0.05, 0.1) is 4.90 Å². The lowest BCUT2D eigenvalue weighted by molar-refractivity contribution is -0.130. The summed E-state index contributed by atoms with van der Waals surface area (Å²) in [7, 11) is -1.64. The fourth-order valence-corrected chi connectivity index (χ4v) is 4.39. The van der Waals surface area contributed by atoms with Crippen LogP contribution in [-0.2, 0) is 27.8 Å². The molecule has 0 radical (unpaired) electrons. The first kappa shape index (κ1) is 21.1. The molecule has 0 bridgehead atoms. The van der Waals surface area contributed by atoms with Gasteiger partial charge in [0, 0.05) is 33.1 Å². The summed E-state index contributed by atoms with van der Waals surface area (Å²) in [5, 5.41) is 0. The fourth-order valence-electron chi connectivity index (χ4n) is 2.93. The summed E-state index contributed by atoms with van der Waals surface area (Å²) in [6, 6.07) is 16.7. The number of benzene rings is 2. The first-order chi connectivity index (χ1) is 12.9. The van der Waals surface area contributed by atoms with Crippen molar-refractivity contribution in [2.24, 2.45) is 0 Å². The van der Waals surface area contributed by atoms with Gasteiger partial charge in [0.1, 0.15) is 0 Å². The highest BCUT2D eigenvalue weighted by molar-refractivity contribution is 7.89. The number of amides is 1. The van der Waals surface area contributed by atoms with Crippen LogP contribution in [0.1, 0.15) is 31.4 Å². The highest BCUT2D eigenvalue weighted by atomic mass is 32.2. The first-order valence-corrected chi connectivity index (χ1v) is 10.7. The fraction of sp³-hybridized carbons (Fsp3) is 0.381. The summed E-state index contributed by atoms with van der Waals surface area (Å²) in [5.41, 5.74) is 2.05. The number of nitrogens with zero attached hydrogens (tertiary/aromatic N) is 2. The van der Waals surface area contributed by atoms with Gasteiger partial charge in [0.15, 0.2) is 0 Å². The monoisotopic (exact) mass is 388 g/mol. The van der Waals surface area contributed by atoms with E-state index in [4.69, 9.17) is 0 Å². The second-order valence-corrected chi connectivity index (χ2v) is 8.41. The lowest BCUT2D eigenvalue weighted by atomic mass is 10.1. The molecule has 0 saturated heterocycles. The van der Waals surface area contributed by atoms with Crippen LogP contribution in [0.3, 0.4) is 0 Å². The Balaban J connectivity index is 1.94. The van der Waals surface area contributed by atoms with Gasteiger partial charge in [-0.2, -0.15) is 4.31 Å². The van der Waals surface area contributed by atoms with Gasteiger partial charge >= 0.3 is 0 Å². The predicted octanol–water partition coefficient (Wildman–Crippen LogP) is 3.31. The topological polar surface area (TPSA) is 57.7 Å². The quantitative estimate of drug-likeness (QED) is 0.662. The molecule has 0 aromatic heterocycles. The average molecular weight is 389 g/mol. The van der Waals surface area contributed by atoms with Gasteiger partial charge in [0.2, 0.25) is 15.9 Å². The normalized spacial score (nSPS) is 11.6. The third-order valence-corrected chi connectivity index (χ3v) is 6.65. The summed E-state index contributed by atoms with van der Waals surface area (Å²) < 4.78 is 26.4. The van der Waals surface area contributed by atoms with Gasteiger partial charge in [-0.05, 0) is 29.7 Å². The van der Waals surface area contributed by atoms with Crippen LogP contribution < -0.4 is 0 Å². The number of hydrogen-bond donors (Lipinski definition) is 0. The van der Waals surface area contributed by atoms with Gasteiger partial charge in [-0.25, -0.2) is 8.42 Å². The van der Waals surface area contributed by atoms with Crippen molar-refractivity contribution in [3.05, 3.63) is 65.7 Å². The number of carbonyl (C=O) groups is 1. The van der Waals surface area contributed by atoms with Crippen LogP contribution in [0, 0.1) is 0 Å². The standard InChI is InChI=1S/C21H28N2O3S/c1-4-23(5-2)27(25,26)20-14-11-18(12-15-20)13-16-21(24)22(3)17-19-9-7-6-8-10-19/h6-12,14-15H,4-5,13,16-17H2,1-3H3. The molecular formula is C21H28N2O3S. The summed E-state index contributed by atoms with van der Waals surface area (Å²) in [6.07, 6.45) is 0.981. The molecule has 0 unspecified atom stereocenters. The second kappa shape index (κ2) is 9.67. The van der Waals surface area contributed by atoms with Crippen molar-refractivity contribution >= 4 is 15.9 Å². The van der Waals surface area contributed by atoms with Crippen LogP contribution in [0.25, 0.3) is 0 Å². The number of hydrogen-bond acceptors (Lipinski definition) is 3. The predicted molar refractivity (Wildman–Crippen MR) is 108 cm³/mol. The Morgan fingerprint density at radius 2 is 1.48 bits per heavy atom. The van der Waals surface area contributed by atoms with E-state index in [-0.39, 0.29) is 5.91 Å². The van der Waals surface area contributed by atoms with Crippen LogP contribution in [0.15, 0.2) is 59.5 Å². The SMILES string of the molecule is CCN(CC)S(=O)(=O)c1ccc(CCC(=O)N(C)Cc2ccccc2)cc1. The third-order valence-electron chi connectivity index (χ3n) is 4.58. The molecule has 0 spiro atoms. The van der Waals surface area contributed by atoms with Crippen molar-refractivity contribution in [2.75, 3.05) is 20.1 Å². The maximum Gasteiger partial charge on any atom is 0.243 e. The molecule has 0 atom stereocenters. The van der Waals surface area contributed by atoms with Crippen LogP contribution in [0.4, 0.5) is 0 Å². The Kier molecular flexibility index (Phi) is 7.56. The van der Waals surface area contributed by atoms with Gasteiger partial charge in [-0.15, -0.1) is 0 Å². The molecule has 0 aliphatic rings. The Bertz CT molecular complexity index is 829. The number of aryl methyl sites for hydroxylation is 1. The molecule has 0 saturated carbocycles. The van der Waals surface area contributed by atoms with E-state index in [0.29, 0.717) is 37.4 Å². The van der Waals surface area contributed by atoms with E-state index in [0.717, 1.165) is 11.1 Å². The molecule has 1 amide bonds. The largest absolute Gasteiger partial charge is 0.341 e. The lowest BCUT2D eigenvalue weighted by Crippen LogP contribution is -2.30. The molecule has 2 rings (SSSR count). The molecule has 0 N–H and O–H groups in total. The van der Waals surface area contributed by atoms with E-state index in [1.54, 1.807) is 36.2 Å². The molecule has 2 aromatic carbocycles.